The summed E-state index contributed by atoms with van der Waals surface area (Å²) in [6.45, 7) is 1.82. The van der Waals surface area contributed by atoms with Crippen LogP contribution in [0.25, 0.3) is 5.69 Å². The number of nitrogens with one attached hydrogen (secondary N) is 1. The lowest BCUT2D eigenvalue weighted by Crippen LogP contribution is -2.28. The Kier molecular flexibility index (Phi) is 8.06. The number of nitro groups is 1. The second kappa shape index (κ2) is 11.6. The van der Waals surface area contributed by atoms with Crippen LogP contribution in [0.3, 0.4) is 0 Å². The van der Waals surface area contributed by atoms with Crippen molar-refractivity contribution in [3.05, 3.63) is 112 Å². The van der Waals surface area contributed by atoms with Gasteiger partial charge in [-0.25, -0.2) is 4.39 Å². The van der Waals surface area contributed by atoms with Crippen molar-refractivity contribution >= 4 is 23.4 Å². The zero-order valence-corrected chi connectivity index (χ0v) is 20.3. The van der Waals surface area contributed by atoms with Crippen molar-refractivity contribution in [3.63, 3.8) is 0 Å². The summed E-state index contributed by atoms with van der Waals surface area (Å²) in [4.78, 5) is 23.3. The SMILES string of the molecule is CC(NC(=O)CCc1ccccc1)c1nnc(SCc2ccc(F)cc2)n1-c1ccc([N+](=O)[O-])cc1. The summed E-state index contributed by atoms with van der Waals surface area (Å²) < 4.78 is 15.0. The van der Waals surface area contributed by atoms with Crippen molar-refractivity contribution in [1.29, 1.82) is 0 Å². The third kappa shape index (κ3) is 6.33. The maximum Gasteiger partial charge on any atom is 0.269 e. The van der Waals surface area contributed by atoms with E-state index in [0.29, 0.717) is 35.3 Å². The molecule has 1 N–H and O–H groups in total. The largest absolute Gasteiger partial charge is 0.346 e. The number of aromatic nitrogens is 3. The molecule has 184 valence electrons. The minimum absolute atomic E-state index is 0.0313. The van der Waals surface area contributed by atoms with Gasteiger partial charge in [0.15, 0.2) is 11.0 Å². The van der Waals surface area contributed by atoms with Crippen LogP contribution in [0.1, 0.15) is 36.3 Å². The fourth-order valence-electron chi connectivity index (χ4n) is 3.63. The van der Waals surface area contributed by atoms with E-state index in [-0.39, 0.29) is 17.4 Å². The number of nitro benzene ring substituents is 1. The second-order valence-corrected chi connectivity index (χ2v) is 9.08. The van der Waals surface area contributed by atoms with Crippen molar-refractivity contribution in [1.82, 2.24) is 20.1 Å². The molecule has 0 spiro atoms. The second-order valence-electron chi connectivity index (χ2n) is 8.14. The monoisotopic (exact) mass is 505 g/mol. The van der Waals surface area contributed by atoms with Crippen LogP contribution >= 0.6 is 11.8 Å². The Balaban J connectivity index is 1.54. The molecule has 0 aliphatic rings. The van der Waals surface area contributed by atoms with Crippen molar-refractivity contribution in [2.24, 2.45) is 0 Å². The Bertz CT molecular complexity index is 1330. The minimum Gasteiger partial charge on any atom is -0.346 e. The maximum absolute atomic E-state index is 13.3. The number of hydrogen-bond acceptors (Lipinski definition) is 6. The first kappa shape index (κ1) is 25.1. The lowest BCUT2D eigenvalue weighted by Gasteiger charge is -2.16. The van der Waals surface area contributed by atoms with E-state index in [4.69, 9.17) is 0 Å². The first-order valence-electron chi connectivity index (χ1n) is 11.3. The van der Waals surface area contributed by atoms with Crippen LogP contribution in [0.5, 0.6) is 0 Å². The van der Waals surface area contributed by atoms with Gasteiger partial charge in [0.1, 0.15) is 5.82 Å². The van der Waals surface area contributed by atoms with Gasteiger partial charge in [-0.3, -0.25) is 19.5 Å². The molecule has 0 saturated carbocycles. The Morgan fingerprint density at radius 3 is 2.39 bits per heavy atom. The standard InChI is InChI=1S/C26H24FN5O3S/c1-18(28-24(33)16-9-19-5-3-2-4-6-19)25-29-30-26(36-17-20-7-10-21(27)11-8-20)31(25)22-12-14-23(15-13-22)32(34)35/h2-8,10-15,18H,9,16-17H2,1H3,(H,28,33). The van der Waals surface area contributed by atoms with Gasteiger partial charge in [-0.2, -0.15) is 0 Å². The molecule has 1 amide bonds. The minimum atomic E-state index is -0.462. The molecule has 4 aromatic rings. The van der Waals surface area contributed by atoms with Crippen LogP contribution in [0.15, 0.2) is 84.0 Å². The molecule has 3 aromatic carbocycles. The summed E-state index contributed by atoms with van der Waals surface area (Å²) >= 11 is 1.40. The topological polar surface area (TPSA) is 103 Å². The van der Waals surface area contributed by atoms with Crippen molar-refractivity contribution in [2.75, 3.05) is 0 Å². The quantitative estimate of drug-likeness (QED) is 0.175. The maximum atomic E-state index is 13.3. The van der Waals surface area contributed by atoms with Gasteiger partial charge in [0.05, 0.1) is 11.0 Å². The van der Waals surface area contributed by atoms with E-state index in [1.165, 1.54) is 36.0 Å². The van der Waals surface area contributed by atoms with Gasteiger partial charge in [0.25, 0.3) is 5.69 Å². The highest BCUT2D eigenvalue weighted by molar-refractivity contribution is 7.98. The number of rotatable bonds is 10. The first-order chi connectivity index (χ1) is 17.4. The molecule has 0 fully saturated rings. The molecule has 36 heavy (non-hydrogen) atoms. The van der Waals surface area contributed by atoms with E-state index in [2.05, 4.69) is 15.5 Å². The number of carbonyl (C=O) groups is 1. The molecule has 0 aliphatic heterocycles. The molecule has 1 atom stereocenters. The normalized spacial score (nSPS) is 11.7. The number of non-ortho nitro benzene ring substituents is 1. The number of carbonyl (C=O) groups excluding carboxylic acids is 1. The Morgan fingerprint density at radius 1 is 1.03 bits per heavy atom. The molecule has 0 aliphatic carbocycles. The van der Waals surface area contributed by atoms with Gasteiger partial charge in [-0.05, 0) is 48.7 Å². The van der Waals surface area contributed by atoms with Crippen molar-refractivity contribution in [3.8, 4) is 5.69 Å². The van der Waals surface area contributed by atoms with E-state index >= 15 is 0 Å². The lowest BCUT2D eigenvalue weighted by molar-refractivity contribution is -0.384. The summed E-state index contributed by atoms with van der Waals surface area (Å²) in [6.07, 6.45) is 0.944. The molecule has 1 heterocycles. The molecule has 0 radical (unpaired) electrons. The van der Waals surface area contributed by atoms with Crippen molar-refractivity contribution in [2.45, 2.75) is 36.7 Å². The number of halogens is 1. The van der Waals surface area contributed by atoms with Crippen LogP contribution in [0, 0.1) is 15.9 Å². The van der Waals surface area contributed by atoms with Crippen LogP contribution < -0.4 is 5.32 Å². The van der Waals surface area contributed by atoms with Gasteiger partial charge in [0, 0.05) is 30.0 Å². The van der Waals surface area contributed by atoms with E-state index in [9.17, 15) is 19.3 Å². The Hall–Kier alpha value is -4.05. The van der Waals surface area contributed by atoms with Crippen molar-refractivity contribution < 1.29 is 14.1 Å². The number of amides is 1. The van der Waals surface area contributed by atoms with Crippen LogP contribution in [0.4, 0.5) is 10.1 Å². The summed E-state index contributed by atoms with van der Waals surface area (Å²) in [5.41, 5.74) is 2.58. The summed E-state index contributed by atoms with van der Waals surface area (Å²) in [6, 6.07) is 21.6. The van der Waals surface area contributed by atoms with E-state index in [1.807, 2.05) is 37.3 Å². The number of hydrogen-bond donors (Lipinski definition) is 1. The smallest absolute Gasteiger partial charge is 0.269 e. The van der Waals surface area contributed by atoms with Crippen LogP contribution in [0.2, 0.25) is 0 Å². The summed E-state index contributed by atoms with van der Waals surface area (Å²) in [7, 11) is 0. The highest BCUT2D eigenvalue weighted by atomic mass is 32.2. The zero-order valence-electron chi connectivity index (χ0n) is 19.5. The van der Waals surface area contributed by atoms with Gasteiger partial charge in [0.2, 0.25) is 5.91 Å². The molecular formula is C26H24FN5O3S. The highest BCUT2D eigenvalue weighted by Crippen LogP contribution is 2.28. The van der Waals surface area contributed by atoms with E-state index in [1.54, 1.807) is 28.8 Å². The Labute approximate surface area is 211 Å². The predicted molar refractivity (Wildman–Crippen MR) is 135 cm³/mol. The number of aryl methyl sites for hydroxylation is 1. The molecule has 1 unspecified atom stereocenters. The molecule has 1 aromatic heterocycles. The van der Waals surface area contributed by atoms with E-state index in [0.717, 1.165) is 11.1 Å². The van der Waals surface area contributed by atoms with Crippen LogP contribution in [-0.4, -0.2) is 25.6 Å². The number of nitrogens with zero attached hydrogens (tertiary/aromatic N) is 4. The molecule has 8 nitrogen and oxygen atoms in total. The third-order valence-corrected chi connectivity index (χ3v) is 6.51. The van der Waals surface area contributed by atoms with Gasteiger partial charge in [-0.1, -0.05) is 54.2 Å². The summed E-state index contributed by atoms with van der Waals surface area (Å²) in [5, 5.41) is 23.3. The molecule has 4 rings (SSSR count). The average molecular weight is 506 g/mol. The number of thioether (sulfide) groups is 1. The zero-order chi connectivity index (χ0) is 25.5. The molecular weight excluding hydrogens is 481 g/mol. The van der Waals surface area contributed by atoms with Gasteiger partial charge < -0.3 is 5.32 Å². The van der Waals surface area contributed by atoms with E-state index < -0.39 is 11.0 Å². The van der Waals surface area contributed by atoms with Gasteiger partial charge in [-0.15, -0.1) is 10.2 Å². The number of benzene rings is 3. The highest BCUT2D eigenvalue weighted by Gasteiger charge is 2.21. The van der Waals surface area contributed by atoms with Crippen LogP contribution in [-0.2, 0) is 17.0 Å². The fourth-order valence-corrected chi connectivity index (χ4v) is 4.55. The first-order valence-corrected chi connectivity index (χ1v) is 12.3. The average Bonchev–Trinajstić information content (AvgIpc) is 3.32. The Morgan fingerprint density at radius 2 is 1.72 bits per heavy atom. The third-order valence-electron chi connectivity index (χ3n) is 5.51. The predicted octanol–water partition coefficient (Wildman–Crippen LogP) is 5.42. The van der Waals surface area contributed by atoms with Gasteiger partial charge >= 0.3 is 0 Å². The fraction of sp³-hybridized carbons (Fsp3) is 0.192. The molecule has 0 saturated heterocycles. The molecule has 10 heteroatoms. The molecule has 0 bridgehead atoms. The lowest BCUT2D eigenvalue weighted by atomic mass is 10.1. The summed E-state index contributed by atoms with van der Waals surface area (Å²) in [5.74, 6) is 0.587.